The van der Waals surface area contributed by atoms with Crippen LogP contribution in [0.5, 0.6) is 0 Å². The van der Waals surface area contributed by atoms with E-state index in [0.717, 1.165) is 9.87 Å². The van der Waals surface area contributed by atoms with Crippen molar-refractivity contribution in [1.29, 1.82) is 0 Å². The summed E-state index contributed by atoms with van der Waals surface area (Å²) in [7, 11) is -0.715. The molecule has 1 amide bonds. The lowest BCUT2D eigenvalue weighted by Crippen LogP contribution is -2.30. The van der Waals surface area contributed by atoms with Gasteiger partial charge in [-0.05, 0) is 46.6 Å². The SMILES string of the molecule is CCN(Cc1ccccc1)C(=O)c1ccc(Br)c(S(=O)(=O)N(C)C)c1. The number of carbonyl (C=O) groups is 1. The Hall–Kier alpha value is -1.70. The van der Waals surface area contributed by atoms with Gasteiger partial charge in [0.15, 0.2) is 0 Å². The monoisotopic (exact) mass is 424 g/mol. The Labute approximate surface area is 157 Å². The minimum atomic E-state index is -3.64. The maximum atomic E-state index is 12.8. The highest BCUT2D eigenvalue weighted by molar-refractivity contribution is 9.10. The first-order chi connectivity index (χ1) is 11.8. The van der Waals surface area contributed by atoms with Gasteiger partial charge in [-0.3, -0.25) is 4.79 Å². The number of amides is 1. The third-order valence-corrected chi connectivity index (χ3v) is 6.63. The summed E-state index contributed by atoms with van der Waals surface area (Å²) >= 11 is 3.26. The molecule has 2 rings (SSSR count). The average Bonchev–Trinajstić information content (AvgIpc) is 2.60. The molecule has 0 heterocycles. The second-order valence-corrected chi connectivity index (χ2v) is 8.71. The molecule has 0 aliphatic heterocycles. The largest absolute Gasteiger partial charge is 0.335 e. The van der Waals surface area contributed by atoms with Crippen LogP contribution in [0.25, 0.3) is 0 Å². The van der Waals surface area contributed by atoms with Crippen molar-refractivity contribution < 1.29 is 13.2 Å². The molecule has 5 nitrogen and oxygen atoms in total. The first kappa shape index (κ1) is 19.6. The predicted molar refractivity (Wildman–Crippen MR) is 102 cm³/mol. The molecule has 0 fully saturated rings. The van der Waals surface area contributed by atoms with E-state index in [4.69, 9.17) is 0 Å². The van der Waals surface area contributed by atoms with E-state index in [1.807, 2.05) is 37.3 Å². The number of hydrogen-bond donors (Lipinski definition) is 0. The smallest absolute Gasteiger partial charge is 0.254 e. The second kappa shape index (κ2) is 8.12. The average molecular weight is 425 g/mol. The lowest BCUT2D eigenvalue weighted by molar-refractivity contribution is 0.0752. The molecule has 0 aliphatic carbocycles. The molecule has 0 N–H and O–H groups in total. The van der Waals surface area contributed by atoms with Crippen molar-refractivity contribution in [3.63, 3.8) is 0 Å². The van der Waals surface area contributed by atoms with Crippen LogP contribution in [0.2, 0.25) is 0 Å². The molecule has 134 valence electrons. The van der Waals surface area contributed by atoms with E-state index in [2.05, 4.69) is 15.9 Å². The molecule has 2 aromatic carbocycles. The Kier molecular flexibility index (Phi) is 6.37. The van der Waals surface area contributed by atoms with Crippen molar-refractivity contribution in [1.82, 2.24) is 9.21 Å². The molecule has 2 aromatic rings. The fraction of sp³-hybridized carbons (Fsp3) is 0.278. The number of rotatable bonds is 6. The molecule has 0 atom stereocenters. The van der Waals surface area contributed by atoms with E-state index >= 15 is 0 Å². The normalized spacial score (nSPS) is 11.6. The van der Waals surface area contributed by atoms with Gasteiger partial charge >= 0.3 is 0 Å². The molecule has 0 bridgehead atoms. The number of halogens is 1. The van der Waals surface area contributed by atoms with Gasteiger partial charge in [0.05, 0.1) is 4.90 Å². The molecular formula is C18H21BrN2O3S. The zero-order chi connectivity index (χ0) is 18.6. The summed E-state index contributed by atoms with van der Waals surface area (Å²) in [6, 6.07) is 14.3. The Morgan fingerprint density at radius 1 is 1.08 bits per heavy atom. The van der Waals surface area contributed by atoms with Crippen LogP contribution in [0.15, 0.2) is 57.9 Å². The van der Waals surface area contributed by atoms with Crippen LogP contribution < -0.4 is 0 Å². The van der Waals surface area contributed by atoms with Crippen LogP contribution in [0, 0.1) is 0 Å². The summed E-state index contributed by atoms with van der Waals surface area (Å²) in [5.41, 5.74) is 1.37. The lowest BCUT2D eigenvalue weighted by atomic mass is 10.1. The Bertz CT molecular complexity index is 852. The van der Waals surface area contributed by atoms with Crippen LogP contribution in [0.1, 0.15) is 22.8 Å². The van der Waals surface area contributed by atoms with Gasteiger partial charge in [0.2, 0.25) is 10.0 Å². The molecule has 0 aliphatic rings. The van der Waals surface area contributed by atoms with Crippen LogP contribution in [0.3, 0.4) is 0 Å². The molecule has 7 heteroatoms. The fourth-order valence-corrected chi connectivity index (χ4v) is 4.19. The van der Waals surface area contributed by atoms with Crippen molar-refractivity contribution in [3.05, 3.63) is 64.1 Å². The molecule has 0 spiro atoms. The highest BCUT2D eigenvalue weighted by Gasteiger charge is 2.23. The minimum Gasteiger partial charge on any atom is -0.335 e. The Morgan fingerprint density at radius 3 is 2.28 bits per heavy atom. The highest BCUT2D eigenvalue weighted by Crippen LogP contribution is 2.26. The predicted octanol–water partition coefficient (Wildman–Crippen LogP) is 3.36. The van der Waals surface area contributed by atoms with E-state index in [9.17, 15) is 13.2 Å². The molecule has 0 saturated carbocycles. The van der Waals surface area contributed by atoms with Crippen LogP contribution >= 0.6 is 15.9 Å². The summed E-state index contributed by atoms with van der Waals surface area (Å²) < 4.78 is 26.4. The number of carbonyl (C=O) groups excluding carboxylic acids is 1. The molecule has 0 radical (unpaired) electrons. The van der Waals surface area contributed by atoms with Gasteiger partial charge in [-0.15, -0.1) is 0 Å². The minimum absolute atomic E-state index is 0.0825. The van der Waals surface area contributed by atoms with Gasteiger partial charge in [0, 0.05) is 37.2 Å². The fourth-order valence-electron chi connectivity index (χ4n) is 2.34. The zero-order valence-corrected chi connectivity index (χ0v) is 16.8. The summed E-state index contributed by atoms with van der Waals surface area (Å²) in [5.74, 6) is -0.200. The van der Waals surface area contributed by atoms with Crippen LogP contribution in [0.4, 0.5) is 0 Å². The second-order valence-electron chi connectivity index (χ2n) is 5.74. The van der Waals surface area contributed by atoms with Crippen molar-refractivity contribution in [3.8, 4) is 0 Å². The van der Waals surface area contributed by atoms with E-state index < -0.39 is 10.0 Å². The van der Waals surface area contributed by atoms with Gasteiger partial charge in [-0.1, -0.05) is 30.3 Å². The quantitative estimate of drug-likeness (QED) is 0.713. The molecule has 0 saturated heterocycles. The first-order valence-electron chi connectivity index (χ1n) is 7.82. The Morgan fingerprint density at radius 2 is 1.72 bits per heavy atom. The standard InChI is InChI=1S/C18H21BrN2O3S/c1-4-21(13-14-8-6-5-7-9-14)18(22)15-10-11-16(19)17(12-15)25(23,24)20(2)3/h5-12H,4,13H2,1-3H3. The van der Waals surface area contributed by atoms with Crippen molar-refractivity contribution >= 4 is 31.9 Å². The van der Waals surface area contributed by atoms with E-state index in [1.165, 1.54) is 20.2 Å². The van der Waals surface area contributed by atoms with Gasteiger partial charge < -0.3 is 4.90 Å². The summed E-state index contributed by atoms with van der Waals surface area (Å²) in [6.07, 6.45) is 0. The first-order valence-corrected chi connectivity index (χ1v) is 10.1. The Balaban J connectivity index is 2.35. The topological polar surface area (TPSA) is 57.7 Å². The number of nitrogens with zero attached hydrogens (tertiary/aromatic N) is 2. The van der Waals surface area contributed by atoms with Crippen LogP contribution in [-0.4, -0.2) is 44.2 Å². The number of benzene rings is 2. The molecular weight excluding hydrogens is 404 g/mol. The maximum absolute atomic E-state index is 12.8. The number of hydrogen-bond acceptors (Lipinski definition) is 3. The summed E-state index contributed by atoms with van der Waals surface area (Å²) in [5, 5.41) is 0. The van der Waals surface area contributed by atoms with Gasteiger partial charge in [0.25, 0.3) is 5.91 Å². The molecule has 0 aromatic heterocycles. The molecule has 25 heavy (non-hydrogen) atoms. The zero-order valence-electron chi connectivity index (χ0n) is 14.4. The number of sulfonamides is 1. The van der Waals surface area contributed by atoms with Crippen LogP contribution in [-0.2, 0) is 16.6 Å². The van der Waals surface area contributed by atoms with Gasteiger partial charge in [-0.2, -0.15) is 0 Å². The summed E-state index contributed by atoms with van der Waals surface area (Å²) in [6.45, 7) is 2.90. The van der Waals surface area contributed by atoms with Crippen molar-refractivity contribution in [2.45, 2.75) is 18.4 Å². The molecule has 0 unspecified atom stereocenters. The van der Waals surface area contributed by atoms with E-state index in [0.29, 0.717) is 23.1 Å². The third kappa shape index (κ3) is 4.48. The van der Waals surface area contributed by atoms with Gasteiger partial charge in [0.1, 0.15) is 0 Å². The highest BCUT2D eigenvalue weighted by atomic mass is 79.9. The maximum Gasteiger partial charge on any atom is 0.254 e. The lowest BCUT2D eigenvalue weighted by Gasteiger charge is -2.22. The van der Waals surface area contributed by atoms with Crippen molar-refractivity contribution in [2.75, 3.05) is 20.6 Å². The summed E-state index contributed by atoms with van der Waals surface area (Å²) in [4.78, 5) is 14.6. The van der Waals surface area contributed by atoms with E-state index in [1.54, 1.807) is 17.0 Å². The van der Waals surface area contributed by atoms with Gasteiger partial charge in [-0.25, -0.2) is 12.7 Å². The van der Waals surface area contributed by atoms with E-state index in [-0.39, 0.29) is 10.8 Å². The third-order valence-electron chi connectivity index (χ3n) is 3.82. The van der Waals surface area contributed by atoms with Crippen molar-refractivity contribution in [2.24, 2.45) is 0 Å².